The van der Waals surface area contributed by atoms with E-state index in [0.29, 0.717) is 22.5 Å². The first kappa shape index (κ1) is 13.8. The van der Waals surface area contributed by atoms with Gasteiger partial charge in [0.25, 0.3) is 0 Å². The van der Waals surface area contributed by atoms with E-state index in [2.05, 4.69) is 19.2 Å². The van der Waals surface area contributed by atoms with Gasteiger partial charge in [0.15, 0.2) is 0 Å². The molecule has 0 aromatic heterocycles. The van der Waals surface area contributed by atoms with Crippen LogP contribution in [0.3, 0.4) is 0 Å². The average Bonchev–Trinajstić information content (AvgIpc) is 2.23. The molecule has 0 fully saturated rings. The molecule has 1 aromatic rings. The van der Waals surface area contributed by atoms with Gasteiger partial charge in [0.1, 0.15) is 0 Å². The summed E-state index contributed by atoms with van der Waals surface area (Å²) in [6.45, 7) is 5.80. The summed E-state index contributed by atoms with van der Waals surface area (Å²) in [4.78, 5) is 0. The lowest BCUT2D eigenvalue weighted by atomic mass is 10.1. The van der Waals surface area contributed by atoms with E-state index in [4.69, 9.17) is 28.9 Å². The molecule has 2 nitrogen and oxygen atoms in total. The lowest BCUT2D eigenvalue weighted by molar-refractivity contribution is 0.479. The van der Waals surface area contributed by atoms with Gasteiger partial charge in [-0.2, -0.15) is 0 Å². The molecule has 0 aliphatic heterocycles. The molecule has 0 saturated heterocycles. The normalized spacial score (nSPS) is 13.1. The van der Waals surface area contributed by atoms with Gasteiger partial charge in [-0.25, -0.2) is 0 Å². The quantitative estimate of drug-likeness (QED) is 0.853. The Labute approximate surface area is 107 Å². The predicted molar refractivity (Wildman–Crippen MR) is 71.1 cm³/mol. The minimum absolute atomic E-state index is 0.136. The number of rotatable bonds is 5. The molecule has 1 aromatic carbocycles. The monoisotopic (exact) mass is 260 g/mol. The number of nitrogens with one attached hydrogen (secondary N) is 1. The van der Waals surface area contributed by atoms with E-state index in [1.54, 1.807) is 6.07 Å². The second-order valence-corrected chi connectivity index (χ2v) is 5.08. The summed E-state index contributed by atoms with van der Waals surface area (Å²) in [6, 6.07) is 5.77. The van der Waals surface area contributed by atoms with Gasteiger partial charge in [-0.05, 0) is 30.2 Å². The van der Waals surface area contributed by atoms with Crippen LogP contribution in [0.5, 0.6) is 0 Å². The van der Waals surface area contributed by atoms with Gasteiger partial charge in [0, 0.05) is 12.6 Å². The molecule has 4 heteroatoms. The third-order valence-corrected chi connectivity index (χ3v) is 3.09. The van der Waals surface area contributed by atoms with Crippen LogP contribution in [0.4, 0.5) is 0 Å². The van der Waals surface area contributed by atoms with Crippen molar-refractivity contribution in [1.29, 1.82) is 0 Å². The third-order valence-electron chi connectivity index (χ3n) is 2.35. The van der Waals surface area contributed by atoms with Crippen LogP contribution >= 0.6 is 23.2 Å². The van der Waals surface area contributed by atoms with Gasteiger partial charge in [-0.15, -0.1) is 0 Å². The Morgan fingerprint density at radius 2 is 1.94 bits per heavy atom. The standard InChI is InChI=1S/C12H18Cl2N2/c1-8(2)7-16-12(6-15)9-3-4-10(13)11(14)5-9/h3-5,8,12,16H,6-7,15H2,1-2H3. The second kappa shape index (κ2) is 6.45. The number of halogens is 2. The Morgan fingerprint density at radius 1 is 1.25 bits per heavy atom. The van der Waals surface area contributed by atoms with Gasteiger partial charge in [-0.3, -0.25) is 0 Å². The number of benzene rings is 1. The summed E-state index contributed by atoms with van der Waals surface area (Å²) >= 11 is 11.8. The minimum atomic E-state index is 0.136. The molecule has 0 bridgehead atoms. The molecule has 90 valence electrons. The van der Waals surface area contributed by atoms with E-state index in [1.807, 2.05) is 12.1 Å². The van der Waals surface area contributed by atoms with E-state index >= 15 is 0 Å². The highest BCUT2D eigenvalue weighted by Gasteiger charge is 2.10. The number of nitrogens with two attached hydrogens (primary N) is 1. The minimum Gasteiger partial charge on any atom is -0.329 e. The van der Waals surface area contributed by atoms with Crippen LogP contribution in [0.15, 0.2) is 18.2 Å². The topological polar surface area (TPSA) is 38.0 Å². The maximum Gasteiger partial charge on any atom is 0.0595 e. The van der Waals surface area contributed by atoms with Gasteiger partial charge in [0.05, 0.1) is 10.0 Å². The second-order valence-electron chi connectivity index (χ2n) is 4.26. The van der Waals surface area contributed by atoms with Crippen LogP contribution < -0.4 is 11.1 Å². The lowest BCUT2D eigenvalue weighted by Crippen LogP contribution is -2.30. The zero-order valence-corrected chi connectivity index (χ0v) is 11.1. The Hall–Kier alpha value is -0.280. The SMILES string of the molecule is CC(C)CNC(CN)c1ccc(Cl)c(Cl)c1. The van der Waals surface area contributed by atoms with Gasteiger partial charge in [0.2, 0.25) is 0 Å². The van der Waals surface area contributed by atoms with Crippen LogP contribution in [0.25, 0.3) is 0 Å². The van der Waals surface area contributed by atoms with Crippen molar-refractivity contribution < 1.29 is 0 Å². The molecule has 1 rings (SSSR count). The van der Waals surface area contributed by atoms with Crippen LogP contribution in [-0.2, 0) is 0 Å². The van der Waals surface area contributed by atoms with Crippen molar-refractivity contribution in [3.8, 4) is 0 Å². The Balaban J connectivity index is 2.74. The Morgan fingerprint density at radius 3 is 2.44 bits per heavy atom. The summed E-state index contributed by atoms with van der Waals surface area (Å²) in [7, 11) is 0. The van der Waals surface area contributed by atoms with Crippen molar-refractivity contribution in [2.24, 2.45) is 11.7 Å². The summed E-state index contributed by atoms with van der Waals surface area (Å²) < 4.78 is 0. The summed E-state index contributed by atoms with van der Waals surface area (Å²) in [6.07, 6.45) is 0. The predicted octanol–water partition coefficient (Wildman–Crippen LogP) is 3.24. The van der Waals surface area contributed by atoms with Crippen LogP contribution in [0.2, 0.25) is 10.0 Å². The van der Waals surface area contributed by atoms with E-state index in [0.717, 1.165) is 12.1 Å². The van der Waals surface area contributed by atoms with E-state index in [-0.39, 0.29) is 6.04 Å². The lowest BCUT2D eigenvalue weighted by Gasteiger charge is -2.19. The Kier molecular flexibility index (Phi) is 5.56. The molecule has 0 amide bonds. The van der Waals surface area contributed by atoms with E-state index < -0.39 is 0 Å². The summed E-state index contributed by atoms with van der Waals surface area (Å²) in [5.41, 5.74) is 6.82. The molecule has 0 saturated carbocycles. The maximum atomic E-state index is 5.98. The van der Waals surface area contributed by atoms with Gasteiger partial charge >= 0.3 is 0 Å². The molecule has 1 unspecified atom stereocenters. The third kappa shape index (κ3) is 3.95. The first-order valence-corrected chi connectivity index (χ1v) is 6.18. The molecule has 0 aliphatic carbocycles. The maximum absolute atomic E-state index is 5.98. The van der Waals surface area contributed by atoms with Crippen molar-refractivity contribution in [3.63, 3.8) is 0 Å². The Bertz CT molecular complexity index is 340. The fourth-order valence-electron chi connectivity index (χ4n) is 1.44. The molecule has 16 heavy (non-hydrogen) atoms. The fraction of sp³-hybridized carbons (Fsp3) is 0.500. The number of hydrogen-bond donors (Lipinski definition) is 2. The molecule has 0 heterocycles. The largest absolute Gasteiger partial charge is 0.329 e. The van der Waals surface area contributed by atoms with E-state index in [1.165, 1.54) is 0 Å². The number of hydrogen-bond acceptors (Lipinski definition) is 2. The highest BCUT2D eigenvalue weighted by molar-refractivity contribution is 6.42. The van der Waals surface area contributed by atoms with Crippen molar-refractivity contribution in [2.45, 2.75) is 19.9 Å². The first-order chi connectivity index (χ1) is 7.54. The first-order valence-electron chi connectivity index (χ1n) is 5.43. The van der Waals surface area contributed by atoms with Crippen molar-refractivity contribution in [3.05, 3.63) is 33.8 Å². The van der Waals surface area contributed by atoms with Crippen LogP contribution in [0, 0.1) is 5.92 Å². The molecule has 0 radical (unpaired) electrons. The van der Waals surface area contributed by atoms with Crippen molar-refractivity contribution in [2.75, 3.05) is 13.1 Å². The molecular formula is C12H18Cl2N2. The van der Waals surface area contributed by atoms with Crippen molar-refractivity contribution in [1.82, 2.24) is 5.32 Å². The zero-order valence-electron chi connectivity index (χ0n) is 9.63. The summed E-state index contributed by atoms with van der Waals surface area (Å²) in [5, 5.41) is 4.55. The molecule has 1 atom stereocenters. The van der Waals surface area contributed by atoms with Crippen molar-refractivity contribution >= 4 is 23.2 Å². The molecule has 0 spiro atoms. The van der Waals surface area contributed by atoms with Crippen LogP contribution in [-0.4, -0.2) is 13.1 Å². The molecular weight excluding hydrogens is 243 g/mol. The molecule has 0 aliphatic rings. The smallest absolute Gasteiger partial charge is 0.0595 e. The van der Waals surface area contributed by atoms with Crippen LogP contribution in [0.1, 0.15) is 25.5 Å². The molecule has 3 N–H and O–H groups in total. The van der Waals surface area contributed by atoms with Gasteiger partial charge < -0.3 is 11.1 Å². The highest BCUT2D eigenvalue weighted by atomic mass is 35.5. The van der Waals surface area contributed by atoms with E-state index in [9.17, 15) is 0 Å². The van der Waals surface area contributed by atoms with Gasteiger partial charge in [-0.1, -0.05) is 43.1 Å². The average molecular weight is 261 g/mol. The zero-order chi connectivity index (χ0) is 12.1. The fourth-order valence-corrected chi connectivity index (χ4v) is 1.75. The summed E-state index contributed by atoms with van der Waals surface area (Å²) in [5.74, 6) is 0.594. The highest BCUT2D eigenvalue weighted by Crippen LogP contribution is 2.25.